The highest BCUT2D eigenvalue weighted by Gasteiger charge is 2.58. The number of ether oxygens (including phenoxy) is 1. The van der Waals surface area contributed by atoms with E-state index in [9.17, 15) is 15.3 Å². The zero-order valence-electron chi connectivity index (χ0n) is 35.7. The lowest BCUT2D eigenvalue weighted by atomic mass is 9.73. The first-order valence-electron chi connectivity index (χ1n) is 20.1. The van der Waals surface area contributed by atoms with Gasteiger partial charge in [0.05, 0.1) is 23.6 Å². The lowest BCUT2D eigenvalue weighted by Crippen LogP contribution is -2.47. The third-order valence-corrected chi connectivity index (χ3v) is 12.9. The summed E-state index contributed by atoms with van der Waals surface area (Å²) in [5.41, 5.74) is -0.570. The predicted molar refractivity (Wildman–Crippen MR) is 246 cm³/mol. The van der Waals surface area contributed by atoms with Gasteiger partial charge in [0.1, 0.15) is 49.1 Å². The molecular formula is C44H55Cl4N9O4S. The van der Waals surface area contributed by atoms with Crippen LogP contribution in [0.1, 0.15) is 78.2 Å². The molecule has 4 unspecified atom stereocenters. The zero-order chi connectivity index (χ0) is 45.3. The van der Waals surface area contributed by atoms with E-state index in [0.29, 0.717) is 40.0 Å². The second kappa shape index (κ2) is 20.8. The van der Waals surface area contributed by atoms with Crippen molar-refractivity contribution in [2.45, 2.75) is 115 Å². The Morgan fingerprint density at radius 2 is 1.45 bits per heavy atom. The van der Waals surface area contributed by atoms with E-state index in [4.69, 9.17) is 63.4 Å². The number of hydrogen-bond acceptors (Lipinski definition) is 10. The van der Waals surface area contributed by atoms with Crippen molar-refractivity contribution in [3.63, 3.8) is 0 Å². The number of alkyl halides is 1. The molecule has 4 atom stereocenters. The first kappa shape index (κ1) is 49.2. The fourth-order valence-electron chi connectivity index (χ4n) is 6.51. The average Bonchev–Trinajstić information content (AvgIpc) is 3.61. The topological polar surface area (TPSA) is 165 Å². The van der Waals surface area contributed by atoms with Crippen molar-refractivity contribution < 1.29 is 20.1 Å². The molecule has 4 N–H and O–H groups in total. The minimum atomic E-state index is -1.13. The van der Waals surface area contributed by atoms with Gasteiger partial charge in [-0.3, -0.25) is 14.5 Å². The van der Waals surface area contributed by atoms with Crippen molar-refractivity contribution in [1.82, 2.24) is 44.3 Å². The van der Waals surface area contributed by atoms with E-state index in [0.717, 1.165) is 29.8 Å². The molecule has 334 valence electrons. The quantitative estimate of drug-likeness (QED) is 0.0611. The second-order valence-electron chi connectivity index (χ2n) is 17.7. The number of nitrogens with one attached hydrogen (secondary N) is 1. The highest BCUT2D eigenvalue weighted by Crippen LogP contribution is 2.53. The molecular weight excluding hydrogens is 892 g/mol. The second-order valence-corrected chi connectivity index (χ2v) is 20.0. The summed E-state index contributed by atoms with van der Waals surface area (Å²) in [6.07, 6.45) is 9.53. The van der Waals surface area contributed by atoms with Crippen molar-refractivity contribution in [1.29, 1.82) is 0 Å². The third-order valence-electron chi connectivity index (χ3n) is 11.0. The molecule has 6 aromatic rings. The SMILES string of the molecule is CC(C)(C)C(O)(CCc1ccc(Cl)cc1)Cn1cncn1.CC(C)(C)C(O)C(Oc1ccc(Cl)cc1)n1cncn1.OC(Cc1ccccc1Cl)(Cn1[nH]cnc1=S)C1(Cl)CC1. The van der Waals surface area contributed by atoms with Gasteiger partial charge in [-0.25, -0.2) is 19.6 Å². The van der Waals surface area contributed by atoms with Gasteiger partial charge in [0, 0.05) is 21.5 Å². The van der Waals surface area contributed by atoms with E-state index in [1.54, 1.807) is 40.0 Å². The van der Waals surface area contributed by atoms with Crippen LogP contribution in [0.4, 0.5) is 0 Å². The molecule has 7 rings (SSSR count). The summed E-state index contributed by atoms with van der Waals surface area (Å²) < 4.78 is 11.1. The molecule has 1 aliphatic carbocycles. The van der Waals surface area contributed by atoms with Crippen LogP contribution in [0, 0.1) is 15.6 Å². The molecule has 0 aliphatic heterocycles. The van der Waals surface area contributed by atoms with Crippen LogP contribution < -0.4 is 4.74 Å². The molecule has 0 spiro atoms. The molecule has 1 fully saturated rings. The van der Waals surface area contributed by atoms with Crippen LogP contribution in [0.5, 0.6) is 5.75 Å². The number of aliphatic hydroxyl groups is 3. The Morgan fingerprint density at radius 1 is 0.839 bits per heavy atom. The van der Waals surface area contributed by atoms with E-state index in [2.05, 4.69) is 30.2 Å². The zero-order valence-corrected chi connectivity index (χ0v) is 39.5. The molecule has 3 aromatic carbocycles. The molecule has 62 heavy (non-hydrogen) atoms. The van der Waals surface area contributed by atoms with E-state index >= 15 is 0 Å². The molecule has 0 saturated heterocycles. The summed E-state index contributed by atoms with van der Waals surface area (Å²) in [6, 6.07) is 22.2. The van der Waals surface area contributed by atoms with Gasteiger partial charge in [-0.2, -0.15) is 10.2 Å². The van der Waals surface area contributed by atoms with Crippen LogP contribution in [-0.2, 0) is 25.9 Å². The maximum atomic E-state index is 11.2. The summed E-state index contributed by atoms with van der Waals surface area (Å²) >= 11 is 29.6. The predicted octanol–water partition coefficient (Wildman–Crippen LogP) is 9.60. The first-order valence-corrected chi connectivity index (χ1v) is 22.0. The number of aryl methyl sites for hydroxylation is 1. The largest absolute Gasteiger partial charge is 0.466 e. The van der Waals surface area contributed by atoms with Crippen LogP contribution >= 0.6 is 58.6 Å². The number of halogens is 4. The Morgan fingerprint density at radius 3 is 1.97 bits per heavy atom. The Labute approximate surface area is 388 Å². The molecule has 1 saturated carbocycles. The van der Waals surface area contributed by atoms with E-state index in [-0.39, 0.29) is 17.4 Å². The summed E-state index contributed by atoms with van der Waals surface area (Å²) in [7, 11) is 0. The maximum Gasteiger partial charge on any atom is 0.219 e. The summed E-state index contributed by atoms with van der Waals surface area (Å²) in [6.45, 7) is 12.7. The number of nitrogens with zero attached hydrogens (tertiary/aromatic N) is 8. The van der Waals surface area contributed by atoms with Gasteiger partial charge in [0.2, 0.25) is 11.0 Å². The van der Waals surface area contributed by atoms with Crippen LogP contribution in [0.25, 0.3) is 0 Å². The lowest BCUT2D eigenvalue weighted by Gasteiger charge is -2.40. The van der Waals surface area contributed by atoms with E-state index < -0.39 is 28.4 Å². The number of rotatable bonds is 14. The van der Waals surface area contributed by atoms with Crippen molar-refractivity contribution in [2.24, 2.45) is 10.8 Å². The minimum absolute atomic E-state index is 0.259. The van der Waals surface area contributed by atoms with Crippen molar-refractivity contribution in [2.75, 3.05) is 0 Å². The molecule has 1 aliphatic rings. The molecule has 0 amide bonds. The summed E-state index contributed by atoms with van der Waals surface area (Å²) in [5, 5.41) is 45.9. The molecule has 0 radical (unpaired) electrons. The Bertz CT molecular complexity index is 2330. The normalized spacial score (nSPS) is 16.3. The molecule has 3 heterocycles. The minimum Gasteiger partial charge on any atom is -0.466 e. The van der Waals surface area contributed by atoms with E-state index in [1.807, 2.05) is 90.1 Å². The number of H-pyrrole nitrogens is 1. The van der Waals surface area contributed by atoms with Gasteiger partial charge >= 0.3 is 0 Å². The van der Waals surface area contributed by atoms with Gasteiger partial charge in [-0.1, -0.05) is 107 Å². The van der Waals surface area contributed by atoms with Crippen LogP contribution in [0.3, 0.4) is 0 Å². The maximum absolute atomic E-state index is 11.2. The Kier molecular flexibility index (Phi) is 16.5. The van der Waals surface area contributed by atoms with Crippen molar-refractivity contribution in [3.05, 3.63) is 135 Å². The van der Waals surface area contributed by atoms with E-state index in [1.165, 1.54) is 35.6 Å². The van der Waals surface area contributed by atoms with Gasteiger partial charge < -0.3 is 20.1 Å². The number of benzene rings is 3. The first-order chi connectivity index (χ1) is 29.1. The lowest BCUT2D eigenvalue weighted by molar-refractivity contribution is -0.0796. The van der Waals surface area contributed by atoms with Crippen LogP contribution in [0.15, 0.2) is 104 Å². The molecule has 13 nitrogen and oxygen atoms in total. The average molecular weight is 948 g/mol. The smallest absolute Gasteiger partial charge is 0.219 e. The standard InChI is InChI=1S/C16H22ClN3O.C14H15Cl2N3OS.C14H18ClN3O2/c1-15(2,3)16(21,10-20-12-18-11-19-20)9-8-13-4-6-14(17)7-5-13;15-11-4-2-1-3-10(11)7-14(20,13(16)5-6-13)8-19-12(21)17-9-18-19;1-14(2,3)12(19)13(18-9-16-8-17-18)20-11-6-4-10(15)5-7-11/h4-7,11-12,21H,8-10H2,1-3H3;1-4,9,20H,5-8H2,(H,17,18,21);4-9,12-13,19H,1-3H3. The number of hydrogen-bond donors (Lipinski definition) is 4. The van der Waals surface area contributed by atoms with Crippen LogP contribution in [0.2, 0.25) is 15.1 Å². The van der Waals surface area contributed by atoms with Gasteiger partial charge in [-0.05, 0) is 102 Å². The highest BCUT2D eigenvalue weighted by atomic mass is 35.5. The highest BCUT2D eigenvalue weighted by molar-refractivity contribution is 7.71. The molecule has 3 aromatic heterocycles. The third kappa shape index (κ3) is 13.3. The van der Waals surface area contributed by atoms with Gasteiger partial charge in [-0.15, -0.1) is 11.6 Å². The molecule has 0 bridgehead atoms. The number of aliphatic hydroxyl groups excluding tert-OH is 1. The number of aromatic amines is 1. The van der Waals surface area contributed by atoms with Crippen molar-refractivity contribution >= 4 is 58.6 Å². The fourth-order valence-corrected chi connectivity index (χ4v) is 7.36. The van der Waals surface area contributed by atoms with Gasteiger partial charge in [0.25, 0.3) is 0 Å². The Hall–Kier alpha value is -3.86. The summed E-state index contributed by atoms with van der Waals surface area (Å²) in [5.74, 6) is 0.609. The summed E-state index contributed by atoms with van der Waals surface area (Å²) in [4.78, 5) is 11.2. The van der Waals surface area contributed by atoms with Crippen LogP contribution in [-0.4, -0.2) is 81.8 Å². The van der Waals surface area contributed by atoms with Crippen molar-refractivity contribution in [3.8, 4) is 5.75 Å². The molecule has 18 heteroatoms. The fraction of sp³-hybridized carbons (Fsp3) is 0.455. The Balaban J connectivity index is 0.000000176. The van der Waals surface area contributed by atoms with Gasteiger partial charge in [0.15, 0.2) is 0 Å². The number of aromatic nitrogens is 9. The monoisotopic (exact) mass is 945 g/mol.